The lowest BCUT2D eigenvalue weighted by Gasteiger charge is -2.14. The van der Waals surface area contributed by atoms with Crippen LogP contribution in [0, 0.1) is 13.8 Å². The van der Waals surface area contributed by atoms with Crippen LogP contribution in [0.3, 0.4) is 0 Å². The summed E-state index contributed by atoms with van der Waals surface area (Å²) < 4.78 is 13.1. The molecule has 0 spiro atoms. The Morgan fingerprint density at radius 3 is 2.83 bits per heavy atom. The van der Waals surface area contributed by atoms with Crippen LogP contribution in [-0.2, 0) is 16.0 Å². The summed E-state index contributed by atoms with van der Waals surface area (Å²) in [7, 11) is 0. The molecule has 29 heavy (non-hydrogen) atoms. The van der Waals surface area contributed by atoms with Gasteiger partial charge in [-0.3, -0.25) is 4.79 Å². The highest BCUT2D eigenvalue weighted by molar-refractivity contribution is 6.00. The Kier molecular flexibility index (Phi) is 5.45. The number of para-hydroxylation sites is 1. The van der Waals surface area contributed by atoms with Crippen molar-refractivity contribution in [1.82, 2.24) is 9.55 Å². The number of esters is 1. The monoisotopic (exact) mass is 392 g/mol. The standard InChI is InChI=1S/C23H24N2O4/c1-15-12-19(16(2)25(15)13-18-7-5-11-28-18)22(26)14-29-23(27)21-10-9-17-6-3-4-8-20(17)24-21/h3-4,6,8-10,12,18H,5,7,11,13-14H2,1-2H3/t18-/m1/s1. The van der Waals surface area contributed by atoms with Gasteiger partial charge in [0, 0.05) is 35.5 Å². The van der Waals surface area contributed by atoms with Gasteiger partial charge in [0.25, 0.3) is 0 Å². The van der Waals surface area contributed by atoms with Gasteiger partial charge in [0.2, 0.25) is 5.78 Å². The highest BCUT2D eigenvalue weighted by Crippen LogP contribution is 2.21. The average molecular weight is 392 g/mol. The number of pyridine rings is 1. The molecule has 0 aliphatic carbocycles. The number of aryl methyl sites for hydroxylation is 1. The molecule has 4 rings (SSSR count). The van der Waals surface area contributed by atoms with E-state index in [1.807, 2.05) is 50.2 Å². The van der Waals surface area contributed by atoms with Crippen LogP contribution in [0.5, 0.6) is 0 Å². The molecule has 0 N–H and O–H groups in total. The van der Waals surface area contributed by atoms with E-state index in [1.165, 1.54) is 0 Å². The fourth-order valence-electron chi connectivity index (χ4n) is 3.82. The third-order valence-corrected chi connectivity index (χ3v) is 5.43. The quantitative estimate of drug-likeness (QED) is 0.470. The zero-order valence-electron chi connectivity index (χ0n) is 16.7. The number of ketones is 1. The number of carbonyl (C=O) groups is 2. The number of benzene rings is 1. The Hall–Kier alpha value is -2.99. The van der Waals surface area contributed by atoms with Gasteiger partial charge >= 0.3 is 5.97 Å². The molecule has 6 heteroatoms. The Labute approximate surface area is 169 Å². The summed E-state index contributed by atoms with van der Waals surface area (Å²) in [5.74, 6) is -0.817. The number of ether oxygens (including phenoxy) is 2. The van der Waals surface area contributed by atoms with Crippen LogP contribution < -0.4 is 0 Å². The fraction of sp³-hybridized carbons (Fsp3) is 0.348. The van der Waals surface area contributed by atoms with Crippen LogP contribution >= 0.6 is 0 Å². The van der Waals surface area contributed by atoms with Crippen LogP contribution in [0.2, 0.25) is 0 Å². The number of rotatable bonds is 6. The maximum absolute atomic E-state index is 12.7. The van der Waals surface area contributed by atoms with Crippen LogP contribution in [0.25, 0.3) is 10.9 Å². The second-order valence-corrected chi connectivity index (χ2v) is 7.42. The molecule has 3 heterocycles. The highest BCUT2D eigenvalue weighted by atomic mass is 16.5. The molecule has 1 aromatic carbocycles. The smallest absolute Gasteiger partial charge is 0.357 e. The zero-order chi connectivity index (χ0) is 20.4. The summed E-state index contributed by atoms with van der Waals surface area (Å²) in [6, 6.07) is 12.8. The third-order valence-electron chi connectivity index (χ3n) is 5.43. The van der Waals surface area contributed by atoms with E-state index in [0.717, 1.165) is 42.8 Å². The number of aromatic nitrogens is 2. The molecule has 0 unspecified atom stereocenters. The van der Waals surface area contributed by atoms with Crippen molar-refractivity contribution in [3.05, 3.63) is 65.1 Å². The predicted molar refractivity (Wildman–Crippen MR) is 109 cm³/mol. The molecule has 150 valence electrons. The van der Waals surface area contributed by atoms with Gasteiger partial charge in [-0.05, 0) is 44.9 Å². The summed E-state index contributed by atoms with van der Waals surface area (Å²) in [4.78, 5) is 29.3. The summed E-state index contributed by atoms with van der Waals surface area (Å²) in [6.07, 6.45) is 2.31. The van der Waals surface area contributed by atoms with Gasteiger partial charge in [0.05, 0.1) is 11.6 Å². The van der Waals surface area contributed by atoms with Crippen molar-refractivity contribution >= 4 is 22.7 Å². The molecule has 0 saturated carbocycles. The molecule has 1 atom stereocenters. The topological polar surface area (TPSA) is 70.4 Å². The largest absolute Gasteiger partial charge is 0.453 e. The number of hydrogen-bond donors (Lipinski definition) is 0. The van der Waals surface area contributed by atoms with Crippen LogP contribution in [0.1, 0.15) is 45.1 Å². The molecule has 0 bridgehead atoms. The zero-order valence-corrected chi connectivity index (χ0v) is 16.7. The van der Waals surface area contributed by atoms with E-state index in [2.05, 4.69) is 9.55 Å². The molecule has 2 aromatic heterocycles. The minimum atomic E-state index is -0.600. The van der Waals surface area contributed by atoms with Crippen LogP contribution in [-0.4, -0.2) is 40.6 Å². The minimum absolute atomic E-state index is 0.194. The number of Topliss-reactive ketones (excluding diaryl/α,β-unsaturated/α-hetero) is 1. The number of carbonyl (C=O) groups excluding carboxylic acids is 2. The van der Waals surface area contributed by atoms with E-state index in [1.54, 1.807) is 6.07 Å². The van der Waals surface area contributed by atoms with E-state index in [4.69, 9.17) is 9.47 Å². The first-order valence-electron chi connectivity index (χ1n) is 9.87. The molecule has 1 aliphatic rings. The van der Waals surface area contributed by atoms with E-state index >= 15 is 0 Å². The molecular formula is C23H24N2O4. The molecular weight excluding hydrogens is 368 g/mol. The van der Waals surface area contributed by atoms with Gasteiger partial charge in [-0.25, -0.2) is 9.78 Å². The van der Waals surface area contributed by atoms with Crippen LogP contribution in [0.15, 0.2) is 42.5 Å². The van der Waals surface area contributed by atoms with Gasteiger partial charge in [0.15, 0.2) is 6.61 Å². The summed E-state index contributed by atoms with van der Waals surface area (Å²) >= 11 is 0. The lowest BCUT2D eigenvalue weighted by molar-refractivity contribution is 0.0469. The van der Waals surface area contributed by atoms with E-state index in [9.17, 15) is 9.59 Å². The maximum atomic E-state index is 12.7. The van der Waals surface area contributed by atoms with Crippen molar-refractivity contribution in [2.75, 3.05) is 13.2 Å². The molecule has 0 amide bonds. The van der Waals surface area contributed by atoms with Gasteiger partial charge < -0.3 is 14.0 Å². The molecule has 1 saturated heterocycles. The summed E-state index contributed by atoms with van der Waals surface area (Å²) in [5.41, 5.74) is 3.37. The number of hydrogen-bond acceptors (Lipinski definition) is 5. The van der Waals surface area contributed by atoms with Crippen molar-refractivity contribution < 1.29 is 19.1 Å². The first-order chi connectivity index (χ1) is 14.0. The van der Waals surface area contributed by atoms with Crippen molar-refractivity contribution in [3.8, 4) is 0 Å². The van der Waals surface area contributed by atoms with Crippen molar-refractivity contribution in [3.63, 3.8) is 0 Å². The fourth-order valence-corrected chi connectivity index (χ4v) is 3.82. The minimum Gasteiger partial charge on any atom is -0.453 e. The molecule has 0 radical (unpaired) electrons. The Bertz CT molecular complexity index is 1060. The molecule has 6 nitrogen and oxygen atoms in total. The maximum Gasteiger partial charge on any atom is 0.357 e. The molecule has 3 aromatic rings. The lowest BCUT2D eigenvalue weighted by atomic mass is 10.1. The molecule has 1 aliphatic heterocycles. The van der Waals surface area contributed by atoms with E-state index in [-0.39, 0.29) is 24.2 Å². The van der Waals surface area contributed by atoms with Gasteiger partial charge in [0.1, 0.15) is 5.69 Å². The first kappa shape index (κ1) is 19.3. The number of fused-ring (bicyclic) bond motifs is 1. The van der Waals surface area contributed by atoms with Crippen molar-refractivity contribution in [2.45, 2.75) is 39.3 Å². The summed E-state index contributed by atoms with van der Waals surface area (Å²) in [6.45, 7) is 5.13. The van der Waals surface area contributed by atoms with E-state index in [0.29, 0.717) is 11.1 Å². The summed E-state index contributed by atoms with van der Waals surface area (Å²) in [5, 5.41) is 0.943. The van der Waals surface area contributed by atoms with Crippen molar-refractivity contribution in [1.29, 1.82) is 0 Å². The third kappa shape index (κ3) is 4.07. The Balaban J connectivity index is 1.43. The SMILES string of the molecule is Cc1cc(C(=O)COC(=O)c2ccc3ccccc3n2)c(C)n1C[C@H]1CCCO1. The van der Waals surface area contributed by atoms with Gasteiger partial charge in [-0.15, -0.1) is 0 Å². The number of nitrogens with zero attached hydrogens (tertiary/aromatic N) is 2. The second-order valence-electron chi connectivity index (χ2n) is 7.42. The Morgan fingerprint density at radius 2 is 2.03 bits per heavy atom. The lowest BCUT2D eigenvalue weighted by Crippen LogP contribution is -2.18. The Morgan fingerprint density at radius 1 is 1.21 bits per heavy atom. The highest BCUT2D eigenvalue weighted by Gasteiger charge is 2.22. The second kappa shape index (κ2) is 8.17. The normalized spacial score (nSPS) is 16.3. The molecule has 1 fully saturated rings. The van der Waals surface area contributed by atoms with Crippen LogP contribution in [0.4, 0.5) is 0 Å². The van der Waals surface area contributed by atoms with Gasteiger partial charge in [-0.1, -0.05) is 24.3 Å². The predicted octanol–water partition coefficient (Wildman–Crippen LogP) is 3.87. The first-order valence-corrected chi connectivity index (χ1v) is 9.87. The van der Waals surface area contributed by atoms with Crippen molar-refractivity contribution in [2.24, 2.45) is 0 Å². The van der Waals surface area contributed by atoms with E-state index < -0.39 is 5.97 Å². The average Bonchev–Trinajstić information content (AvgIpc) is 3.35. The van der Waals surface area contributed by atoms with Gasteiger partial charge in [-0.2, -0.15) is 0 Å².